The number of carbonyl (C=O) groups excluding carboxylic acids is 1. The fraction of sp³-hybridized carbons (Fsp3) is 0.273. The van der Waals surface area contributed by atoms with Crippen LogP contribution in [0.15, 0.2) is 57.7 Å². The molecule has 1 atom stereocenters. The molecule has 1 amide bonds. The Labute approximate surface area is 158 Å². The van der Waals surface area contributed by atoms with Crippen molar-refractivity contribution in [2.75, 3.05) is 5.32 Å². The minimum Gasteiger partial charge on any atom is -0.481 e. The molecule has 5 nitrogen and oxygen atoms in total. The van der Waals surface area contributed by atoms with Crippen LogP contribution in [0, 0.1) is 6.92 Å². The Balaban J connectivity index is 1.78. The maximum atomic E-state index is 12.7. The third kappa shape index (κ3) is 4.19. The van der Waals surface area contributed by atoms with Gasteiger partial charge in [0.05, 0.1) is 0 Å². The van der Waals surface area contributed by atoms with Crippen molar-refractivity contribution < 1.29 is 13.9 Å². The highest BCUT2D eigenvalue weighted by Gasteiger charge is 2.18. The van der Waals surface area contributed by atoms with Crippen LogP contribution in [0.2, 0.25) is 0 Å². The van der Waals surface area contributed by atoms with E-state index in [1.54, 1.807) is 31.2 Å². The van der Waals surface area contributed by atoms with Gasteiger partial charge in [-0.15, -0.1) is 0 Å². The Kier molecular flexibility index (Phi) is 5.31. The van der Waals surface area contributed by atoms with E-state index in [1.807, 2.05) is 25.1 Å². The van der Waals surface area contributed by atoms with Crippen LogP contribution >= 0.6 is 0 Å². The molecular weight excluding hydrogens is 342 g/mol. The Hall–Kier alpha value is -3.08. The normalized spacial score (nSPS) is 12.2. The molecule has 0 fully saturated rings. The molecule has 0 unspecified atom stereocenters. The number of ether oxygens (including phenoxy) is 1. The van der Waals surface area contributed by atoms with E-state index >= 15 is 0 Å². The Morgan fingerprint density at radius 3 is 2.56 bits per heavy atom. The second kappa shape index (κ2) is 7.66. The van der Waals surface area contributed by atoms with Crippen molar-refractivity contribution >= 4 is 22.6 Å². The topological polar surface area (TPSA) is 68.5 Å². The molecule has 0 radical (unpaired) electrons. The summed E-state index contributed by atoms with van der Waals surface area (Å²) in [5, 5.41) is 3.78. The maximum absolute atomic E-state index is 12.7. The van der Waals surface area contributed by atoms with Gasteiger partial charge in [0.1, 0.15) is 11.3 Å². The van der Waals surface area contributed by atoms with E-state index in [9.17, 15) is 9.59 Å². The number of nitrogens with one attached hydrogen (secondary N) is 1. The summed E-state index contributed by atoms with van der Waals surface area (Å²) < 4.78 is 10.9. The monoisotopic (exact) mass is 365 g/mol. The molecule has 2 aromatic carbocycles. The SMILES string of the molecule is Cc1cccc(C(C)C)c1NC(=O)[C@@H](C)Oc1ccc2ccc(=O)oc2c1. The van der Waals surface area contributed by atoms with Crippen molar-refractivity contribution in [3.63, 3.8) is 0 Å². The third-order valence-corrected chi connectivity index (χ3v) is 4.45. The lowest BCUT2D eigenvalue weighted by molar-refractivity contribution is -0.122. The number of rotatable bonds is 5. The first-order valence-electron chi connectivity index (χ1n) is 8.96. The molecule has 0 spiro atoms. The minimum atomic E-state index is -0.711. The van der Waals surface area contributed by atoms with Crippen molar-refractivity contribution in [2.45, 2.75) is 39.7 Å². The van der Waals surface area contributed by atoms with E-state index in [0.717, 1.165) is 22.2 Å². The molecule has 1 aromatic heterocycles. The standard InChI is InChI=1S/C22H23NO4/c1-13(2)18-7-5-6-14(3)21(18)23-22(25)15(4)26-17-10-8-16-9-11-20(24)27-19(16)12-17/h5-13,15H,1-4H3,(H,23,25)/t15-/m1/s1. The molecule has 0 saturated carbocycles. The van der Waals surface area contributed by atoms with Crippen LogP contribution in [0.3, 0.4) is 0 Å². The van der Waals surface area contributed by atoms with E-state index in [2.05, 4.69) is 19.2 Å². The number of amides is 1. The van der Waals surface area contributed by atoms with Gasteiger partial charge < -0.3 is 14.5 Å². The zero-order valence-electron chi connectivity index (χ0n) is 15.9. The summed E-state index contributed by atoms with van der Waals surface area (Å²) in [5.74, 6) is 0.522. The summed E-state index contributed by atoms with van der Waals surface area (Å²) >= 11 is 0. The van der Waals surface area contributed by atoms with E-state index < -0.39 is 11.7 Å². The number of hydrogen-bond donors (Lipinski definition) is 1. The van der Waals surface area contributed by atoms with Gasteiger partial charge in [0.15, 0.2) is 6.10 Å². The smallest absolute Gasteiger partial charge is 0.336 e. The first-order chi connectivity index (χ1) is 12.8. The predicted octanol–water partition coefficient (Wildman–Crippen LogP) is 4.63. The summed E-state index contributed by atoms with van der Waals surface area (Å²) in [6.07, 6.45) is -0.711. The van der Waals surface area contributed by atoms with Crippen LogP contribution in [-0.4, -0.2) is 12.0 Å². The van der Waals surface area contributed by atoms with E-state index in [4.69, 9.17) is 9.15 Å². The van der Waals surface area contributed by atoms with Gasteiger partial charge in [0, 0.05) is 23.2 Å². The Bertz CT molecular complexity index is 1040. The van der Waals surface area contributed by atoms with Gasteiger partial charge in [0.25, 0.3) is 5.91 Å². The number of fused-ring (bicyclic) bond motifs is 1. The first kappa shape index (κ1) is 18.7. The lowest BCUT2D eigenvalue weighted by Gasteiger charge is -2.19. The summed E-state index contributed by atoms with van der Waals surface area (Å²) in [5.41, 5.74) is 2.93. The van der Waals surface area contributed by atoms with Crippen LogP contribution in [0.25, 0.3) is 11.0 Å². The Morgan fingerprint density at radius 2 is 1.81 bits per heavy atom. The molecule has 3 aromatic rings. The zero-order chi connectivity index (χ0) is 19.6. The lowest BCUT2D eigenvalue weighted by atomic mass is 9.98. The average Bonchev–Trinajstić information content (AvgIpc) is 2.62. The molecule has 0 aliphatic carbocycles. The van der Waals surface area contributed by atoms with Crippen LogP contribution in [0.1, 0.15) is 37.8 Å². The van der Waals surface area contributed by atoms with Crippen molar-refractivity contribution in [1.82, 2.24) is 0 Å². The number of aryl methyl sites for hydroxylation is 1. The zero-order valence-corrected chi connectivity index (χ0v) is 15.9. The molecule has 0 saturated heterocycles. The number of para-hydroxylation sites is 1. The maximum Gasteiger partial charge on any atom is 0.336 e. The number of anilines is 1. The summed E-state index contributed by atoms with van der Waals surface area (Å²) in [6.45, 7) is 7.84. The molecule has 1 N–H and O–H groups in total. The summed E-state index contributed by atoms with van der Waals surface area (Å²) in [6, 6.07) is 14.2. The van der Waals surface area contributed by atoms with Crippen molar-refractivity contribution in [3.8, 4) is 5.75 Å². The number of benzene rings is 2. The van der Waals surface area contributed by atoms with Gasteiger partial charge in [-0.05, 0) is 49.1 Å². The summed E-state index contributed by atoms with van der Waals surface area (Å²) in [4.78, 5) is 24.0. The van der Waals surface area contributed by atoms with Gasteiger partial charge in [-0.1, -0.05) is 32.0 Å². The Morgan fingerprint density at radius 1 is 1.07 bits per heavy atom. The van der Waals surface area contributed by atoms with Gasteiger partial charge in [0.2, 0.25) is 0 Å². The van der Waals surface area contributed by atoms with Crippen LogP contribution < -0.4 is 15.7 Å². The van der Waals surface area contributed by atoms with Crippen LogP contribution in [0.4, 0.5) is 5.69 Å². The van der Waals surface area contributed by atoms with Crippen molar-refractivity contribution in [1.29, 1.82) is 0 Å². The molecule has 140 valence electrons. The fourth-order valence-corrected chi connectivity index (χ4v) is 2.94. The highest BCUT2D eigenvalue weighted by Crippen LogP contribution is 2.28. The average molecular weight is 365 g/mol. The molecule has 0 aliphatic rings. The number of hydrogen-bond acceptors (Lipinski definition) is 4. The van der Waals surface area contributed by atoms with E-state index in [0.29, 0.717) is 17.3 Å². The lowest BCUT2D eigenvalue weighted by Crippen LogP contribution is -2.30. The molecule has 0 bridgehead atoms. The van der Waals surface area contributed by atoms with E-state index in [1.165, 1.54) is 6.07 Å². The molecule has 27 heavy (non-hydrogen) atoms. The predicted molar refractivity (Wildman–Crippen MR) is 106 cm³/mol. The minimum absolute atomic E-state index is 0.235. The highest BCUT2D eigenvalue weighted by atomic mass is 16.5. The third-order valence-electron chi connectivity index (χ3n) is 4.45. The molecule has 1 heterocycles. The van der Waals surface area contributed by atoms with Gasteiger partial charge in [-0.2, -0.15) is 0 Å². The second-order valence-corrected chi connectivity index (χ2v) is 6.90. The summed E-state index contributed by atoms with van der Waals surface area (Å²) in [7, 11) is 0. The van der Waals surface area contributed by atoms with E-state index in [-0.39, 0.29) is 5.91 Å². The highest BCUT2D eigenvalue weighted by molar-refractivity contribution is 5.95. The van der Waals surface area contributed by atoms with Crippen molar-refractivity contribution in [3.05, 3.63) is 70.1 Å². The second-order valence-electron chi connectivity index (χ2n) is 6.90. The molecule has 0 aliphatic heterocycles. The van der Waals surface area contributed by atoms with Gasteiger partial charge in [-0.3, -0.25) is 4.79 Å². The van der Waals surface area contributed by atoms with Crippen molar-refractivity contribution in [2.24, 2.45) is 0 Å². The first-order valence-corrected chi connectivity index (χ1v) is 8.96. The quantitative estimate of drug-likeness (QED) is 0.669. The molecule has 3 rings (SSSR count). The fourth-order valence-electron chi connectivity index (χ4n) is 2.94. The van der Waals surface area contributed by atoms with Crippen LogP contribution in [-0.2, 0) is 4.79 Å². The molecule has 5 heteroatoms. The molecular formula is C22H23NO4. The largest absolute Gasteiger partial charge is 0.481 e. The van der Waals surface area contributed by atoms with Gasteiger partial charge in [-0.25, -0.2) is 4.79 Å². The van der Waals surface area contributed by atoms with Crippen LogP contribution in [0.5, 0.6) is 5.75 Å². The van der Waals surface area contributed by atoms with Gasteiger partial charge >= 0.3 is 5.63 Å². The number of carbonyl (C=O) groups is 1.